The summed E-state index contributed by atoms with van der Waals surface area (Å²) in [5.74, 6) is 0.138. The molecule has 0 heterocycles. The molecule has 1 aliphatic carbocycles. The number of hydrogen-bond acceptors (Lipinski definition) is 2. The highest BCUT2D eigenvalue weighted by molar-refractivity contribution is 9.09. The minimum Gasteiger partial charge on any atom is -0.388 e. The lowest BCUT2D eigenvalue weighted by molar-refractivity contribution is -0.124. The van der Waals surface area contributed by atoms with Gasteiger partial charge in [0.2, 0.25) is 0 Å². The van der Waals surface area contributed by atoms with E-state index in [1.807, 2.05) is 30.3 Å². The van der Waals surface area contributed by atoms with Crippen molar-refractivity contribution in [1.82, 2.24) is 0 Å². The summed E-state index contributed by atoms with van der Waals surface area (Å²) in [6.45, 7) is 4.42. The molecule has 0 aliphatic heterocycles. The van der Waals surface area contributed by atoms with Crippen molar-refractivity contribution in [3.63, 3.8) is 0 Å². The zero-order valence-corrected chi connectivity index (χ0v) is 17.1. The van der Waals surface area contributed by atoms with Crippen molar-refractivity contribution in [1.29, 1.82) is 0 Å². The van der Waals surface area contributed by atoms with Crippen LogP contribution in [0.2, 0.25) is 0 Å². The topological polar surface area (TPSA) is 37.3 Å². The van der Waals surface area contributed by atoms with Crippen molar-refractivity contribution in [2.24, 2.45) is 11.8 Å². The molecule has 0 aromatic heterocycles. The third-order valence-corrected chi connectivity index (χ3v) is 5.75. The number of alkyl halides is 1. The molecule has 0 bridgehead atoms. The Hall–Kier alpha value is -0.930. The van der Waals surface area contributed by atoms with E-state index in [-0.39, 0.29) is 17.6 Å². The number of aliphatic hydroxyl groups excluding tert-OH is 1. The van der Waals surface area contributed by atoms with Gasteiger partial charge in [-0.05, 0) is 37.2 Å². The normalized spacial score (nSPS) is 22.8. The summed E-state index contributed by atoms with van der Waals surface area (Å²) in [5, 5.41) is 11.9. The smallest absolute Gasteiger partial charge is 0.139 e. The first-order valence-corrected chi connectivity index (χ1v) is 10.8. The Labute approximate surface area is 160 Å². The zero-order valence-electron chi connectivity index (χ0n) is 15.5. The van der Waals surface area contributed by atoms with Crippen molar-refractivity contribution in [2.45, 2.75) is 64.9 Å². The molecular formula is C22H31BrO2. The van der Waals surface area contributed by atoms with Crippen LogP contribution in [0.3, 0.4) is 0 Å². The lowest BCUT2D eigenvalue weighted by Crippen LogP contribution is -2.25. The molecule has 1 unspecified atom stereocenters. The van der Waals surface area contributed by atoms with Gasteiger partial charge in [0, 0.05) is 11.8 Å². The summed E-state index contributed by atoms with van der Waals surface area (Å²) in [6, 6.07) is 9.68. The fourth-order valence-corrected chi connectivity index (χ4v) is 4.75. The zero-order chi connectivity index (χ0) is 18.2. The lowest BCUT2D eigenvalue weighted by atomic mass is 9.78. The highest BCUT2D eigenvalue weighted by Crippen LogP contribution is 2.44. The van der Waals surface area contributed by atoms with Gasteiger partial charge in [-0.25, -0.2) is 0 Å². The highest BCUT2D eigenvalue weighted by atomic mass is 79.9. The maximum absolute atomic E-state index is 12.7. The molecule has 0 saturated heterocycles. The molecule has 1 aliphatic rings. The molecule has 0 spiro atoms. The second kappa shape index (κ2) is 10.3. The predicted molar refractivity (Wildman–Crippen MR) is 108 cm³/mol. The van der Waals surface area contributed by atoms with Gasteiger partial charge in [0.05, 0.1) is 12.0 Å². The number of ketones is 1. The average Bonchev–Trinajstić information content (AvgIpc) is 3.01. The van der Waals surface area contributed by atoms with Crippen molar-refractivity contribution in [2.75, 3.05) is 5.33 Å². The van der Waals surface area contributed by atoms with Crippen LogP contribution in [-0.4, -0.2) is 16.2 Å². The summed E-state index contributed by atoms with van der Waals surface area (Å²) < 4.78 is 0. The van der Waals surface area contributed by atoms with Crippen LogP contribution in [0, 0.1) is 11.8 Å². The van der Waals surface area contributed by atoms with E-state index in [0.717, 1.165) is 49.4 Å². The van der Waals surface area contributed by atoms with Gasteiger partial charge < -0.3 is 5.11 Å². The van der Waals surface area contributed by atoms with Gasteiger partial charge in [-0.3, -0.25) is 4.79 Å². The third-order valence-electron chi connectivity index (χ3n) is 5.36. The first kappa shape index (κ1) is 20.4. The maximum atomic E-state index is 12.7. The molecule has 2 nitrogen and oxygen atoms in total. The molecule has 0 amide bonds. The quantitative estimate of drug-likeness (QED) is 0.403. The van der Waals surface area contributed by atoms with E-state index in [2.05, 4.69) is 29.8 Å². The Morgan fingerprint density at radius 3 is 2.44 bits per heavy atom. The van der Waals surface area contributed by atoms with Crippen LogP contribution < -0.4 is 0 Å². The fourth-order valence-electron chi connectivity index (χ4n) is 4.27. The molecule has 1 aromatic carbocycles. The average molecular weight is 407 g/mol. The Bertz CT molecular complexity index is 571. The van der Waals surface area contributed by atoms with Crippen molar-refractivity contribution >= 4 is 21.7 Å². The molecular weight excluding hydrogens is 376 g/mol. The minimum absolute atomic E-state index is 0.197. The van der Waals surface area contributed by atoms with E-state index in [4.69, 9.17) is 0 Å². The summed E-state index contributed by atoms with van der Waals surface area (Å²) in [7, 11) is 0. The molecule has 25 heavy (non-hydrogen) atoms. The standard InChI is InChI=1S/C22H31BrO2/c1-3-8-16(14-15-23)18(9-4-2)19-12-13-20(24)21(19)22(25)17-10-6-5-7-11-17/h5-7,10-11,19,21-22,25H,3-4,8-9,12-15H2,1-2H3/b18-16-/t19-,21-,22?/m0/s1. The first-order chi connectivity index (χ1) is 12.1. The summed E-state index contributed by atoms with van der Waals surface area (Å²) >= 11 is 3.59. The lowest BCUT2D eigenvalue weighted by Gasteiger charge is -2.28. The maximum Gasteiger partial charge on any atom is 0.139 e. The number of aliphatic hydroxyl groups is 1. The number of benzene rings is 1. The summed E-state index contributed by atoms with van der Waals surface area (Å²) in [6.07, 6.45) is 6.18. The monoisotopic (exact) mass is 406 g/mol. The van der Waals surface area contributed by atoms with E-state index in [9.17, 15) is 9.90 Å². The van der Waals surface area contributed by atoms with Gasteiger partial charge in [0.15, 0.2) is 0 Å². The van der Waals surface area contributed by atoms with Gasteiger partial charge in [-0.1, -0.05) is 84.1 Å². The number of carbonyl (C=O) groups excluding carboxylic acids is 1. The largest absolute Gasteiger partial charge is 0.388 e. The summed E-state index contributed by atoms with van der Waals surface area (Å²) in [5.41, 5.74) is 3.82. The fraction of sp³-hybridized carbons (Fsp3) is 0.591. The van der Waals surface area contributed by atoms with Crippen LogP contribution in [0.4, 0.5) is 0 Å². The van der Waals surface area contributed by atoms with Crippen LogP contribution in [-0.2, 0) is 4.79 Å². The second-order valence-corrected chi connectivity index (χ2v) is 7.85. The number of rotatable bonds is 9. The van der Waals surface area contributed by atoms with Gasteiger partial charge in [0.25, 0.3) is 0 Å². The van der Waals surface area contributed by atoms with Crippen LogP contribution >= 0.6 is 15.9 Å². The molecule has 1 fully saturated rings. The molecule has 0 radical (unpaired) electrons. The third kappa shape index (κ3) is 5.04. The SMILES string of the molecule is CCC/C(CCBr)=C(\CCC)[C@@H]1CCC(=O)[C@H]1C(O)c1ccccc1. The Morgan fingerprint density at radius 1 is 1.16 bits per heavy atom. The van der Waals surface area contributed by atoms with E-state index in [0.29, 0.717) is 6.42 Å². The number of carbonyl (C=O) groups is 1. The van der Waals surface area contributed by atoms with Crippen LogP contribution in [0.1, 0.15) is 70.5 Å². The number of allylic oxidation sites excluding steroid dienone is 2. The second-order valence-electron chi connectivity index (χ2n) is 7.06. The first-order valence-electron chi connectivity index (χ1n) is 9.66. The molecule has 138 valence electrons. The van der Waals surface area contributed by atoms with Crippen molar-refractivity contribution < 1.29 is 9.90 Å². The van der Waals surface area contributed by atoms with Gasteiger partial charge >= 0.3 is 0 Å². The molecule has 3 heteroatoms. The number of halogens is 1. The summed E-state index contributed by atoms with van der Waals surface area (Å²) in [4.78, 5) is 12.7. The minimum atomic E-state index is -0.695. The van der Waals surface area contributed by atoms with E-state index >= 15 is 0 Å². The molecule has 2 rings (SSSR count). The Morgan fingerprint density at radius 2 is 1.84 bits per heavy atom. The van der Waals surface area contributed by atoms with E-state index in [1.165, 1.54) is 11.1 Å². The molecule has 1 N–H and O–H groups in total. The van der Waals surface area contributed by atoms with Crippen LogP contribution in [0.15, 0.2) is 41.5 Å². The van der Waals surface area contributed by atoms with Gasteiger partial charge in [0.1, 0.15) is 5.78 Å². The molecule has 1 saturated carbocycles. The molecule has 3 atom stereocenters. The van der Waals surface area contributed by atoms with Crippen LogP contribution in [0.5, 0.6) is 0 Å². The van der Waals surface area contributed by atoms with Crippen LogP contribution in [0.25, 0.3) is 0 Å². The van der Waals surface area contributed by atoms with E-state index in [1.54, 1.807) is 0 Å². The number of hydrogen-bond donors (Lipinski definition) is 1. The van der Waals surface area contributed by atoms with E-state index < -0.39 is 6.10 Å². The van der Waals surface area contributed by atoms with Gasteiger partial charge in [-0.2, -0.15) is 0 Å². The van der Waals surface area contributed by atoms with Gasteiger partial charge in [-0.15, -0.1) is 0 Å². The van der Waals surface area contributed by atoms with Crippen molar-refractivity contribution in [3.05, 3.63) is 47.0 Å². The number of Topliss-reactive ketones (excluding diaryl/α,β-unsaturated/α-hetero) is 1. The van der Waals surface area contributed by atoms with Crippen molar-refractivity contribution in [3.8, 4) is 0 Å². The Balaban J connectivity index is 2.38. The Kier molecular flexibility index (Phi) is 8.38. The highest BCUT2D eigenvalue weighted by Gasteiger charge is 2.42. The molecule has 1 aromatic rings. The predicted octanol–water partition coefficient (Wildman–Crippen LogP) is 6.00.